The van der Waals surface area contributed by atoms with Gasteiger partial charge >= 0.3 is 0 Å². The summed E-state index contributed by atoms with van der Waals surface area (Å²) in [6.45, 7) is 1.93. The number of rotatable bonds is 3. The zero-order valence-electron chi connectivity index (χ0n) is 14.7. The molecule has 0 saturated carbocycles. The monoisotopic (exact) mass is 356 g/mol. The molecule has 0 spiro atoms. The summed E-state index contributed by atoms with van der Waals surface area (Å²) in [5.74, 6) is -0.336. The number of fused-ring (bicyclic) bond motifs is 1. The highest BCUT2D eigenvalue weighted by atomic mass is 19.1. The molecule has 0 radical (unpaired) electrons. The molecule has 1 atom stereocenters. The number of hydrogen-bond donors (Lipinski definition) is 1. The molecule has 0 bridgehead atoms. The standard InChI is InChI=1S/C22H17FN4/c1-14(25)16-5-8-22-21(10-16)26-13-27(22)18-6-7-20(23)19(11-18)17-4-2-3-15(9-17)12-24/h2-11,13-14H,25H2,1H3/t14-/m1/s1. The van der Waals surface area contributed by atoms with Gasteiger partial charge in [0.1, 0.15) is 12.1 Å². The summed E-state index contributed by atoms with van der Waals surface area (Å²) in [6, 6.07) is 19.8. The van der Waals surface area contributed by atoms with Crippen molar-refractivity contribution in [1.29, 1.82) is 5.26 Å². The fourth-order valence-electron chi connectivity index (χ4n) is 3.16. The van der Waals surface area contributed by atoms with Gasteiger partial charge in [-0.1, -0.05) is 18.2 Å². The molecule has 1 heterocycles. The number of nitrogens with two attached hydrogens (primary N) is 1. The van der Waals surface area contributed by atoms with Crippen LogP contribution in [0.15, 0.2) is 67.0 Å². The van der Waals surface area contributed by atoms with E-state index in [0.29, 0.717) is 16.7 Å². The summed E-state index contributed by atoms with van der Waals surface area (Å²) in [4.78, 5) is 4.46. The highest BCUT2D eigenvalue weighted by Gasteiger charge is 2.11. The van der Waals surface area contributed by atoms with Crippen LogP contribution in [0.2, 0.25) is 0 Å². The molecule has 132 valence electrons. The Morgan fingerprint density at radius 3 is 2.74 bits per heavy atom. The molecule has 5 heteroatoms. The maximum Gasteiger partial charge on any atom is 0.131 e. The van der Waals surface area contributed by atoms with Crippen molar-refractivity contribution in [3.63, 3.8) is 0 Å². The average Bonchev–Trinajstić information content (AvgIpc) is 3.11. The molecule has 2 N–H and O–H groups in total. The van der Waals surface area contributed by atoms with Crippen LogP contribution in [-0.4, -0.2) is 9.55 Å². The number of hydrogen-bond acceptors (Lipinski definition) is 3. The van der Waals surface area contributed by atoms with Gasteiger partial charge in [0.2, 0.25) is 0 Å². The van der Waals surface area contributed by atoms with Gasteiger partial charge < -0.3 is 5.73 Å². The van der Waals surface area contributed by atoms with Crippen LogP contribution in [0.1, 0.15) is 24.1 Å². The Hall–Kier alpha value is -3.49. The first kappa shape index (κ1) is 17.0. The Balaban J connectivity index is 1.84. The minimum atomic E-state index is -0.336. The van der Waals surface area contributed by atoms with E-state index in [9.17, 15) is 4.39 Å². The number of benzene rings is 3. The van der Waals surface area contributed by atoms with Crippen molar-refractivity contribution in [2.75, 3.05) is 0 Å². The van der Waals surface area contributed by atoms with Gasteiger partial charge in [-0.15, -0.1) is 0 Å². The first-order chi connectivity index (χ1) is 13.1. The highest BCUT2D eigenvalue weighted by molar-refractivity contribution is 5.79. The van der Waals surface area contributed by atoms with Crippen LogP contribution >= 0.6 is 0 Å². The second-order valence-corrected chi connectivity index (χ2v) is 6.51. The fraction of sp³-hybridized carbons (Fsp3) is 0.0909. The van der Waals surface area contributed by atoms with Gasteiger partial charge in [-0.2, -0.15) is 5.26 Å². The minimum Gasteiger partial charge on any atom is -0.324 e. The average molecular weight is 356 g/mol. The SMILES string of the molecule is C[C@@H](N)c1ccc2c(c1)ncn2-c1ccc(F)c(-c2cccc(C#N)c2)c1. The third kappa shape index (κ3) is 3.07. The van der Waals surface area contributed by atoms with Crippen LogP contribution in [0.4, 0.5) is 4.39 Å². The Labute approximate surface area is 156 Å². The molecular formula is C22H17FN4. The van der Waals surface area contributed by atoms with Gasteiger partial charge in [-0.3, -0.25) is 4.57 Å². The van der Waals surface area contributed by atoms with E-state index in [1.165, 1.54) is 6.07 Å². The van der Waals surface area contributed by atoms with Crippen LogP contribution in [0, 0.1) is 17.1 Å². The van der Waals surface area contributed by atoms with E-state index in [1.54, 1.807) is 42.7 Å². The van der Waals surface area contributed by atoms with E-state index in [4.69, 9.17) is 11.0 Å². The van der Waals surface area contributed by atoms with E-state index >= 15 is 0 Å². The summed E-state index contributed by atoms with van der Waals surface area (Å²) in [6.07, 6.45) is 1.72. The topological polar surface area (TPSA) is 67.6 Å². The second-order valence-electron chi connectivity index (χ2n) is 6.51. The lowest BCUT2D eigenvalue weighted by Crippen LogP contribution is -2.04. The van der Waals surface area contributed by atoms with Crippen LogP contribution in [0.5, 0.6) is 0 Å². The molecule has 0 fully saturated rings. The lowest BCUT2D eigenvalue weighted by Gasteiger charge is -2.10. The molecule has 4 nitrogen and oxygen atoms in total. The molecule has 1 aromatic heterocycles. The zero-order chi connectivity index (χ0) is 19.0. The van der Waals surface area contributed by atoms with E-state index in [2.05, 4.69) is 11.1 Å². The van der Waals surface area contributed by atoms with Gasteiger partial charge in [0.15, 0.2) is 0 Å². The maximum atomic E-state index is 14.5. The number of halogens is 1. The summed E-state index contributed by atoms with van der Waals surface area (Å²) >= 11 is 0. The van der Waals surface area contributed by atoms with Crippen molar-refractivity contribution in [1.82, 2.24) is 9.55 Å². The first-order valence-corrected chi connectivity index (χ1v) is 8.60. The maximum absolute atomic E-state index is 14.5. The number of aromatic nitrogens is 2. The summed E-state index contributed by atoms with van der Waals surface area (Å²) in [5, 5.41) is 9.10. The Bertz CT molecular complexity index is 1180. The fourth-order valence-corrected chi connectivity index (χ4v) is 3.16. The number of imidazole rings is 1. The van der Waals surface area contributed by atoms with Crippen LogP contribution in [0.3, 0.4) is 0 Å². The van der Waals surface area contributed by atoms with Gasteiger partial charge in [0, 0.05) is 17.3 Å². The minimum absolute atomic E-state index is 0.0654. The molecule has 0 aliphatic heterocycles. The van der Waals surface area contributed by atoms with Crippen molar-refractivity contribution < 1.29 is 4.39 Å². The third-order valence-electron chi connectivity index (χ3n) is 4.63. The lowest BCUT2D eigenvalue weighted by molar-refractivity contribution is 0.631. The zero-order valence-corrected chi connectivity index (χ0v) is 14.7. The summed E-state index contributed by atoms with van der Waals surface area (Å²) in [5.41, 5.74) is 11.1. The Morgan fingerprint density at radius 2 is 1.96 bits per heavy atom. The summed E-state index contributed by atoms with van der Waals surface area (Å²) in [7, 11) is 0. The quantitative estimate of drug-likeness (QED) is 0.577. The molecule has 0 aliphatic rings. The molecule has 0 aliphatic carbocycles. The van der Waals surface area contributed by atoms with Gasteiger partial charge in [0.25, 0.3) is 0 Å². The lowest BCUT2D eigenvalue weighted by atomic mass is 10.0. The van der Waals surface area contributed by atoms with Crippen LogP contribution < -0.4 is 5.73 Å². The molecule has 0 saturated heterocycles. The highest BCUT2D eigenvalue weighted by Crippen LogP contribution is 2.28. The number of nitriles is 1. The Morgan fingerprint density at radius 1 is 1.11 bits per heavy atom. The molecule has 27 heavy (non-hydrogen) atoms. The van der Waals surface area contributed by atoms with Crippen molar-refractivity contribution in [3.8, 4) is 22.9 Å². The van der Waals surface area contributed by atoms with E-state index in [-0.39, 0.29) is 11.9 Å². The van der Waals surface area contributed by atoms with Crippen molar-refractivity contribution in [2.24, 2.45) is 5.73 Å². The predicted octanol–water partition coefficient (Wildman–Crippen LogP) is 4.72. The summed E-state index contributed by atoms with van der Waals surface area (Å²) < 4.78 is 16.4. The van der Waals surface area contributed by atoms with E-state index in [0.717, 1.165) is 22.3 Å². The van der Waals surface area contributed by atoms with E-state index < -0.39 is 0 Å². The molecule has 4 aromatic rings. The number of nitrogens with zero attached hydrogens (tertiary/aromatic N) is 3. The van der Waals surface area contributed by atoms with E-state index in [1.807, 2.05) is 29.7 Å². The normalized spacial score (nSPS) is 12.1. The van der Waals surface area contributed by atoms with Crippen molar-refractivity contribution in [2.45, 2.75) is 13.0 Å². The van der Waals surface area contributed by atoms with Crippen molar-refractivity contribution in [3.05, 3.63) is 83.9 Å². The molecule has 3 aromatic carbocycles. The smallest absolute Gasteiger partial charge is 0.131 e. The van der Waals surface area contributed by atoms with Gasteiger partial charge in [0.05, 0.1) is 22.7 Å². The van der Waals surface area contributed by atoms with Crippen LogP contribution in [0.25, 0.3) is 27.8 Å². The van der Waals surface area contributed by atoms with Gasteiger partial charge in [-0.05, 0) is 60.5 Å². The van der Waals surface area contributed by atoms with Gasteiger partial charge in [-0.25, -0.2) is 9.37 Å². The van der Waals surface area contributed by atoms with Crippen LogP contribution in [-0.2, 0) is 0 Å². The third-order valence-corrected chi connectivity index (χ3v) is 4.63. The first-order valence-electron chi connectivity index (χ1n) is 8.60. The molecular weight excluding hydrogens is 339 g/mol. The predicted molar refractivity (Wildman–Crippen MR) is 104 cm³/mol. The molecule has 0 amide bonds. The Kier molecular flexibility index (Phi) is 4.19. The largest absolute Gasteiger partial charge is 0.324 e. The second kappa shape index (κ2) is 6.67. The van der Waals surface area contributed by atoms with Crippen molar-refractivity contribution >= 4 is 11.0 Å². The molecule has 4 rings (SSSR count). The molecule has 0 unspecified atom stereocenters.